The lowest BCUT2D eigenvalue weighted by Crippen LogP contribution is -2.44. The zero-order chi connectivity index (χ0) is 22.7. The molecule has 2 aliphatic rings. The Balaban J connectivity index is 1.58. The number of benzene rings is 2. The van der Waals surface area contributed by atoms with Gasteiger partial charge in [0.15, 0.2) is 0 Å². The standard InChI is InChI=1S/C27H31N2O3/c1-26(2)10-12-29-13-11-27(3,4)21-15-18(14-20(26)25(21)29)6-9-24-28(5)22-8-7-19(31-17-30)16-23(22)32-24/h6-9,14-17H,10-13H2,1-5H3/q+1. The minimum atomic E-state index is 0.164. The van der Waals surface area contributed by atoms with Gasteiger partial charge in [-0.3, -0.25) is 4.79 Å². The second-order valence-corrected chi connectivity index (χ2v) is 10.4. The van der Waals surface area contributed by atoms with Crippen LogP contribution in [0.5, 0.6) is 5.75 Å². The first kappa shape index (κ1) is 20.8. The number of ether oxygens (including phenoxy) is 1. The number of aryl methyl sites for hydroxylation is 1. The molecule has 0 atom stereocenters. The molecule has 0 amide bonds. The molecular formula is C27H31N2O3+. The highest BCUT2D eigenvalue weighted by atomic mass is 16.5. The van der Waals surface area contributed by atoms with Crippen LogP contribution in [0.4, 0.5) is 5.69 Å². The molecule has 5 nitrogen and oxygen atoms in total. The summed E-state index contributed by atoms with van der Waals surface area (Å²) in [6.07, 6.45) is 6.53. The smallest absolute Gasteiger partial charge is 0.373 e. The number of rotatable bonds is 4. The Kier molecular flexibility index (Phi) is 4.70. The molecule has 1 aromatic heterocycles. The molecule has 0 saturated carbocycles. The van der Waals surface area contributed by atoms with Crippen LogP contribution in [0, 0.1) is 0 Å². The van der Waals surface area contributed by atoms with Crippen molar-refractivity contribution in [3.63, 3.8) is 0 Å². The van der Waals surface area contributed by atoms with Crippen molar-refractivity contribution in [1.82, 2.24) is 0 Å². The van der Waals surface area contributed by atoms with Crippen LogP contribution in [-0.4, -0.2) is 19.6 Å². The van der Waals surface area contributed by atoms with E-state index in [1.165, 1.54) is 35.2 Å². The van der Waals surface area contributed by atoms with Gasteiger partial charge in [0.05, 0.1) is 6.08 Å². The average Bonchev–Trinajstić information content (AvgIpc) is 3.06. The second kappa shape index (κ2) is 7.22. The van der Waals surface area contributed by atoms with Gasteiger partial charge in [0.25, 0.3) is 12.0 Å². The molecule has 5 rings (SSSR count). The summed E-state index contributed by atoms with van der Waals surface area (Å²) < 4.78 is 13.0. The highest BCUT2D eigenvalue weighted by Crippen LogP contribution is 2.49. The fraction of sp³-hybridized carbons (Fsp3) is 0.407. The van der Waals surface area contributed by atoms with Gasteiger partial charge < -0.3 is 14.1 Å². The molecule has 3 aromatic rings. The highest BCUT2D eigenvalue weighted by molar-refractivity contribution is 5.77. The molecule has 32 heavy (non-hydrogen) atoms. The molecular weight excluding hydrogens is 400 g/mol. The monoisotopic (exact) mass is 431 g/mol. The fourth-order valence-electron chi connectivity index (χ4n) is 5.15. The van der Waals surface area contributed by atoms with Gasteiger partial charge in [0.1, 0.15) is 12.8 Å². The van der Waals surface area contributed by atoms with Gasteiger partial charge in [0, 0.05) is 30.9 Å². The molecule has 0 spiro atoms. The van der Waals surface area contributed by atoms with Gasteiger partial charge in [-0.25, -0.2) is 0 Å². The summed E-state index contributed by atoms with van der Waals surface area (Å²) in [5.41, 5.74) is 7.54. The van der Waals surface area contributed by atoms with Crippen molar-refractivity contribution in [2.75, 3.05) is 18.0 Å². The predicted octanol–water partition coefficient (Wildman–Crippen LogP) is 5.13. The Bertz CT molecular complexity index is 1210. The van der Waals surface area contributed by atoms with E-state index in [1.54, 1.807) is 12.1 Å². The number of hydrogen-bond acceptors (Lipinski definition) is 4. The van der Waals surface area contributed by atoms with E-state index in [0.717, 1.165) is 24.5 Å². The van der Waals surface area contributed by atoms with Crippen LogP contribution in [0.1, 0.15) is 63.1 Å². The Morgan fingerprint density at radius 3 is 2.28 bits per heavy atom. The van der Waals surface area contributed by atoms with E-state index in [4.69, 9.17) is 9.15 Å². The summed E-state index contributed by atoms with van der Waals surface area (Å²) in [6.45, 7) is 12.2. The van der Waals surface area contributed by atoms with Crippen LogP contribution < -0.4 is 14.2 Å². The fourth-order valence-corrected chi connectivity index (χ4v) is 5.15. The number of fused-ring (bicyclic) bond motifs is 1. The molecule has 0 fully saturated rings. The number of anilines is 1. The topological polar surface area (TPSA) is 46.6 Å². The third kappa shape index (κ3) is 3.31. The molecule has 0 aliphatic carbocycles. The summed E-state index contributed by atoms with van der Waals surface area (Å²) >= 11 is 0. The Labute approximate surface area is 189 Å². The number of hydrogen-bond donors (Lipinski definition) is 0. The van der Waals surface area contributed by atoms with Crippen LogP contribution >= 0.6 is 0 Å². The highest BCUT2D eigenvalue weighted by Gasteiger charge is 2.39. The van der Waals surface area contributed by atoms with Crippen LogP contribution in [0.15, 0.2) is 34.7 Å². The van der Waals surface area contributed by atoms with Gasteiger partial charge >= 0.3 is 5.89 Å². The van der Waals surface area contributed by atoms with E-state index in [1.807, 2.05) is 23.8 Å². The van der Waals surface area contributed by atoms with Crippen LogP contribution in [0.25, 0.3) is 23.3 Å². The predicted molar refractivity (Wildman–Crippen MR) is 127 cm³/mol. The Hall–Kier alpha value is -3.08. The van der Waals surface area contributed by atoms with Crippen LogP contribution in [-0.2, 0) is 22.7 Å². The van der Waals surface area contributed by atoms with Crippen LogP contribution in [0.3, 0.4) is 0 Å². The molecule has 0 bridgehead atoms. The molecule has 166 valence electrons. The zero-order valence-corrected chi connectivity index (χ0v) is 19.6. The number of carbonyl (C=O) groups excluding carboxylic acids is 1. The number of aromatic nitrogens is 1. The van der Waals surface area contributed by atoms with Crippen molar-refractivity contribution in [3.05, 3.63) is 52.9 Å². The summed E-state index contributed by atoms with van der Waals surface area (Å²) in [4.78, 5) is 13.2. The van der Waals surface area contributed by atoms with E-state index in [2.05, 4.69) is 50.8 Å². The van der Waals surface area contributed by atoms with E-state index in [9.17, 15) is 4.79 Å². The number of carbonyl (C=O) groups is 1. The van der Waals surface area contributed by atoms with Gasteiger partial charge in [-0.2, -0.15) is 4.57 Å². The number of oxazole rings is 1. The first-order chi connectivity index (χ1) is 15.2. The summed E-state index contributed by atoms with van der Waals surface area (Å²) in [6, 6.07) is 10.1. The number of nitrogens with zero attached hydrogens (tertiary/aromatic N) is 2. The van der Waals surface area contributed by atoms with Crippen molar-refractivity contribution >= 4 is 35.4 Å². The minimum absolute atomic E-state index is 0.164. The van der Waals surface area contributed by atoms with Gasteiger partial charge in [0.2, 0.25) is 5.58 Å². The SMILES string of the molecule is C[n+]1c(/C=C/c2cc3c4c(c2)C(C)(C)CCN4CCC3(C)C)oc2cc(OC=O)ccc21. The van der Waals surface area contributed by atoms with E-state index in [-0.39, 0.29) is 10.8 Å². The summed E-state index contributed by atoms with van der Waals surface area (Å²) in [5, 5.41) is 0. The molecule has 5 heteroatoms. The molecule has 3 heterocycles. The lowest BCUT2D eigenvalue weighted by Gasteiger charge is -2.48. The first-order valence-electron chi connectivity index (χ1n) is 11.3. The first-order valence-corrected chi connectivity index (χ1v) is 11.3. The molecule has 0 unspecified atom stereocenters. The lowest BCUT2D eigenvalue weighted by atomic mass is 9.69. The summed E-state index contributed by atoms with van der Waals surface area (Å²) in [7, 11) is 1.98. The van der Waals surface area contributed by atoms with Crippen molar-refractivity contribution in [2.24, 2.45) is 7.05 Å². The van der Waals surface area contributed by atoms with Crippen molar-refractivity contribution < 1.29 is 18.5 Å². The van der Waals surface area contributed by atoms with Gasteiger partial charge in [-0.15, -0.1) is 0 Å². The normalized spacial score (nSPS) is 18.7. The van der Waals surface area contributed by atoms with Crippen LogP contribution in [0.2, 0.25) is 0 Å². The maximum absolute atomic E-state index is 10.6. The molecule has 0 saturated heterocycles. The Morgan fingerprint density at radius 2 is 1.66 bits per heavy atom. The minimum Gasteiger partial charge on any atom is -0.429 e. The summed E-state index contributed by atoms with van der Waals surface area (Å²) in [5.74, 6) is 1.22. The third-order valence-corrected chi connectivity index (χ3v) is 7.36. The van der Waals surface area contributed by atoms with E-state index < -0.39 is 0 Å². The maximum atomic E-state index is 10.6. The van der Waals surface area contributed by atoms with Crippen molar-refractivity contribution in [2.45, 2.75) is 51.4 Å². The van der Waals surface area contributed by atoms with Crippen molar-refractivity contribution in [3.8, 4) is 5.75 Å². The molecule has 2 aliphatic heterocycles. The lowest BCUT2D eigenvalue weighted by molar-refractivity contribution is -0.651. The van der Waals surface area contributed by atoms with Gasteiger partial charge in [-0.05, 0) is 64.6 Å². The molecule has 2 aromatic carbocycles. The second-order valence-electron chi connectivity index (χ2n) is 10.4. The molecule has 0 N–H and O–H groups in total. The Morgan fingerprint density at radius 1 is 1.00 bits per heavy atom. The molecule has 0 radical (unpaired) electrons. The quantitative estimate of drug-likeness (QED) is 0.424. The maximum Gasteiger partial charge on any atom is 0.373 e. The van der Waals surface area contributed by atoms with Crippen molar-refractivity contribution in [1.29, 1.82) is 0 Å². The average molecular weight is 432 g/mol. The third-order valence-electron chi connectivity index (χ3n) is 7.36. The van der Waals surface area contributed by atoms with E-state index >= 15 is 0 Å². The zero-order valence-electron chi connectivity index (χ0n) is 19.6. The van der Waals surface area contributed by atoms with Gasteiger partial charge in [-0.1, -0.05) is 27.7 Å². The largest absolute Gasteiger partial charge is 0.429 e. The van der Waals surface area contributed by atoms with E-state index in [0.29, 0.717) is 17.8 Å².